The fourth-order valence-electron chi connectivity index (χ4n) is 2.10. The molecular weight excluding hydrogens is 264 g/mol. The molecule has 1 aliphatic rings. The summed E-state index contributed by atoms with van der Waals surface area (Å²) in [6, 6.07) is 6.79. The summed E-state index contributed by atoms with van der Waals surface area (Å²) >= 11 is 0. The van der Waals surface area contributed by atoms with E-state index < -0.39 is 10.0 Å². The summed E-state index contributed by atoms with van der Waals surface area (Å²) in [6.45, 7) is 5.68. The lowest BCUT2D eigenvalue weighted by molar-refractivity contribution is 0.185. The molecule has 2 rings (SSSR count). The van der Waals surface area contributed by atoms with Gasteiger partial charge in [0.2, 0.25) is 10.0 Å². The highest BCUT2D eigenvalue weighted by Crippen LogP contribution is 2.24. The molecule has 0 amide bonds. The molecule has 5 nitrogen and oxygen atoms in total. The molecule has 106 valence electrons. The SMILES string of the molecule is CCNS(=O)(=O)c1ccc(NC2(C)CCOC2)cc1. The van der Waals surface area contributed by atoms with Gasteiger partial charge in [-0.15, -0.1) is 0 Å². The van der Waals surface area contributed by atoms with Crippen molar-refractivity contribution < 1.29 is 13.2 Å². The maximum absolute atomic E-state index is 11.8. The Bertz CT molecular complexity index is 519. The predicted octanol–water partition coefficient (Wildman–Crippen LogP) is 1.58. The van der Waals surface area contributed by atoms with Crippen LogP contribution in [0.4, 0.5) is 5.69 Å². The van der Waals surface area contributed by atoms with Gasteiger partial charge in [0.05, 0.1) is 17.0 Å². The lowest BCUT2D eigenvalue weighted by atomic mass is 10.0. The van der Waals surface area contributed by atoms with Gasteiger partial charge in [0, 0.05) is 18.8 Å². The Morgan fingerprint density at radius 3 is 2.53 bits per heavy atom. The van der Waals surface area contributed by atoms with Crippen LogP contribution in [0.3, 0.4) is 0 Å². The van der Waals surface area contributed by atoms with Crippen LogP contribution in [0.25, 0.3) is 0 Å². The summed E-state index contributed by atoms with van der Waals surface area (Å²) in [6.07, 6.45) is 0.949. The molecule has 1 atom stereocenters. The second-order valence-corrected chi connectivity index (χ2v) is 6.78. The molecular formula is C13H20N2O3S. The van der Waals surface area contributed by atoms with Crippen LogP contribution in [-0.2, 0) is 14.8 Å². The maximum Gasteiger partial charge on any atom is 0.240 e. The monoisotopic (exact) mass is 284 g/mol. The van der Waals surface area contributed by atoms with E-state index in [4.69, 9.17) is 4.74 Å². The molecule has 1 saturated heterocycles. The van der Waals surface area contributed by atoms with Crippen molar-refractivity contribution in [2.45, 2.75) is 30.7 Å². The molecule has 1 fully saturated rings. The first kappa shape index (κ1) is 14.3. The summed E-state index contributed by atoms with van der Waals surface area (Å²) in [5, 5.41) is 3.39. The number of anilines is 1. The van der Waals surface area contributed by atoms with E-state index in [1.54, 1.807) is 31.2 Å². The third-order valence-corrected chi connectivity index (χ3v) is 4.73. The molecule has 0 spiro atoms. The van der Waals surface area contributed by atoms with E-state index in [9.17, 15) is 8.42 Å². The number of ether oxygens (including phenoxy) is 1. The Hall–Kier alpha value is -1.11. The number of rotatable bonds is 5. The number of hydrogen-bond donors (Lipinski definition) is 2. The third kappa shape index (κ3) is 3.46. The predicted molar refractivity (Wildman–Crippen MR) is 74.8 cm³/mol. The molecule has 1 aromatic rings. The fraction of sp³-hybridized carbons (Fsp3) is 0.538. The highest BCUT2D eigenvalue weighted by Gasteiger charge is 2.29. The second kappa shape index (κ2) is 5.48. The molecule has 0 bridgehead atoms. The van der Waals surface area contributed by atoms with E-state index in [0.29, 0.717) is 13.2 Å². The molecule has 0 aromatic heterocycles. The smallest absolute Gasteiger partial charge is 0.240 e. The van der Waals surface area contributed by atoms with Gasteiger partial charge in [0.15, 0.2) is 0 Å². The zero-order chi connectivity index (χ0) is 13.9. The van der Waals surface area contributed by atoms with Crippen LogP contribution in [0.1, 0.15) is 20.3 Å². The van der Waals surface area contributed by atoms with Crippen molar-refractivity contribution in [3.05, 3.63) is 24.3 Å². The van der Waals surface area contributed by atoms with Crippen LogP contribution in [0.5, 0.6) is 0 Å². The molecule has 1 unspecified atom stereocenters. The van der Waals surface area contributed by atoms with Crippen LogP contribution in [0.2, 0.25) is 0 Å². The van der Waals surface area contributed by atoms with Crippen molar-refractivity contribution in [2.75, 3.05) is 25.1 Å². The second-order valence-electron chi connectivity index (χ2n) is 5.01. The topological polar surface area (TPSA) is 67.4 Å². The quantitative estimate of drug-likeness (QED) is 0.861. The minimum atomic E-state index is -3.37. The molecule has 0 radical (unpaired) electrons. The maximum atomic E-state index is 11.8. The minimum Gasteiger partial charge on any atom is -0.379 e. The van der Waals surface area contributed by atoms with Crippen molar-refractivity contribution >= 4 is 15.7 Å². The molecule has 0 aliphatic carbocycles. The molecule has 2 N–H and O–H groups in total. The van der Waals surface area contributed by atoms with Gasteiger partial charge in [-0.25, -0.2) is 13.1 Å². The standard InChI is InChI=1S/C13H20N2O3S/c1-3-14-19(16,17)12-6-4-11(5-7-12)15-13(2)8-9-18-10-13/h4-7,14-15H,3,8-10H2,1-2H3. The summed E-state index contributed by atoms with van der Waals surface area (Å²) in [7, 11) is -3.37. The van der Waals surface area contributed by atoms with E-state index in [1.165, 1.54) is 0 Å². The summed E-state index contributed by atoms with van der Waals surface area (Å²) in [5.41, 5.74) is 0.839. The lowest BCUT2D eigenvalue weighted by Gasteiger charge is -2.25. The molecule has 6 heteroatoms. The van der Waals surface area contributed by atoms with Gasteiger partial charge in [0.25, 0.3) is 0 Å². The summed E-state index contributed by atoms with van der Waals surface area (Å²) < 4.78 is 31.4. The van der Waals surface area contributed by atoms with Gasteiger partial charge >= 0.3 is 0 Å². The first-order valence-corrected chi connectivity index (χ1v) is 7.89. The van der Waals surface area contributed by atoms with Crippen molar-refractivity contribution in [1.29, 1.82) is 0 Å². The third-order valence-electron chi connectivity index (χ3n) is 3.16. The number of sulfonamides is 1. The van der Waals surface area contributed by atoms with Crippen molar-refractivity contribution in [3.63, 3.8) is 0 Å². The Labute approximate surface area is 114 Å². The van der Waals surface area contributed by atoms with E-state index >= 15 is 0 Å². The molecule has 0 saturated carbocycles. The average molecular weight is 284 g/mol. The lowest BCUT2D eigenvalue weighted by Crippen LogP contribution is -2.34. The number of nitrogens with one attached hydrogen (secondary N) is 2. The van der Waals surface area contributed by atoms with E-state index in [1.807, 2.05) is 0 Å². The largest absolute Gasteiger partial charge is 0.379 e. The van der Waals surface area contributed by atoms with Gasteiger partial charge in [-0.1, -0.05) is 6.92 Å². The zero-order valence-electron chi connectivity index (χ0n) is 11.3. The molecule has 1 heterocycles. The van der Waals surface area contributed by atoms with Crippen LogP contribution in [0.15, 0.2) is 29.2 Å². The molecule has 19 heavy (non-hydrogen) atoms. The zero-order valence-corrected chi connectivity index (χ0v) is 12.1. The van der Waals surface area contributed by atoms with Crippen molar-refractivity contribution in [3.8, 4) is 0 Å². The van der Waals surface area contributed by atoms with Gasteiger partial charge in [-0.05, 0) is 37.6 Å². The Kier molecular flexibility index (Phi) is 4.13. The van der Waals surface area contributed by atoms with Crippen molar-refractivity contribution in [2.24, 2.45) is 0 Å². The summed E-state index contributed by atoms with van der Waals surface area (Å²) in [4.78, 5) is 0.285. The highest BCUT2D eigenvalue weighted by molar-refractivity contribution is 7.89. The number of hydrogen-bond acceptors (Lipinski definition) is 4. The summed E-state index contributed by atoms with van der Waals surface area (Å²) in [5.74, 6) is 0. The van der Waals surface area contributed by atoms with Crippen LogP contribution < -0.4 is 10.0 Å². The van der Waals surface area contributed by atoms with Gasteiger partial charge in [0.1, 0.15) is 0 Å². The first-order chi connectivity index (χ1) is 8.95. The minimum absolute atomic E-state index is 0.0674. The van der Waals surface area contributed by atoms with Gasteiger partial charge < -0.3 is 10.1 Å². The Balaban J connectivity index is 2.10. The van der Waals surface area contributed by atoms with Crippen LogP contribution in [0, 0.1) is 0 Å². The number of benzene rings is 1. The van der Waals surface area contributed by atoms with Gasteiger partial charge in [-0.3, -0.25) is 0 Å². The average Bonchev–Trinajstić information content (AvgIpc) is 2.76. The normalized spacial score (nSPS) is 23.5. The molecule has 1 aromatic carbocycles. The first-order valence-electron chi connectivity index (χ1n) is 6.41. The van der Waals surface area contributed by atoms with Crippen molar-refractivity contribution in [1.82, 2.24) is 4.72 Å². The Morgan fingerprint density at radius 2 is 2.00 bits per heavy atom. The Morgan fingerprint density at radius 1 is 1.32 bits per heavy atom. The van der Waals surface area contributed by atoms with Crippen LogP contribution in [-0.4, -0.2) is 33.7 Å². The van der Waals surface area contributed by atoms with Gasteiger partial charge in [-0.2, -0.15) is 0 Å². The van der Waals surface area contributed by atoms with E-state index in [0.717, 1.165) is 18.7 Å². The molecule has 1 aliphatic heterocycles. The highest BCUT2D eigenvalue weighted by atomic mass is 32.2. The van der Waals surface area contributed by atoms with E-state index in [-0.39, 0.29) is 10.4 Å². The van der Waals surface area contributed by atoms with Crippen LogP contribution >= 0.6 is 0 Å². The fourth-order valence-corrected chi connectivity index (χ4v) is 3.15. The van der Waals surface area contributed by atoms with E-state index in [2.05, 4.69) is 17.0 Å².